The lowest BCUT2D eigenvalue weighted by atomic mass is 9.85. The third-order valence-electron chi connectivity index (χ3n) is 2.66. The highest BCUT2D eigenvalue weighted by atomic mass is 127. The molecule has 1 rings (SSSR count). The van der Waals surface area contributed by atoms with Crippen LogP contribution in [0.2, 0.25) is 0 Å². The van der Waals surface area contributed by atoms with Crippen molar-refractivity contribution in [2.24, 2.45) is 10.8 Å². The Balaban J connectivity index is 3.05. The molecule has 2 heteroatoms. The molecule has 0 N–H and O–H groups in total. The van der Waals surface area contributed by atoms with Crippen LogP contribution in [-0.2, 0) is 12.8 Å². The van der Waals surface area contributed by atoms with E-state index in [9.17, 15) is 0 Å². The molecule has 0 aromatic heterocycles. The zero-order valence-corrected chi connectivity index (χ0v) is 16.6. The van der Waals surface area contributed by atoms with Gasteiger partial charge in [0, 0.05) is 7.14 Å². The summed E-state index contributed by atoms with van der Waals surface area (Å²) in [4.78, 5) is 0. The largest absolute Gasteiger partial charge is 0.0599 e. The Morgan fingerprint density at radius 1 is 0.722 bits per heavy atom. The lowest BCUT2D eigenvalue weighted by Crippen LogP contribution is -2.13. The summed E-state index contributed by atoms with van der Waals surface area (Å²) in [6, 6.07) is 4.77. The maximum atomic E-state index is 2.49. The normalized spacial score (nSPS) is 12.9. The number of rotatable bonds is 2. The number of hydrogen-bond acceptors (Lipinski definition) is 0. The summed E-state index contributed by atoms with van der Waals surface area (Å²) in [6.07, 6.45) is 2.30. The third-order valence-corrected chi connectivity index (χ3v) is 4.67. The lowest BCUT2D eigenvalue weighted by Gasteiger charge is -2.22. The zero-order chi connectivity index (χ0) is 14.1. The molecule has 18 heavy (non-hydrogen) atoms. The Morgan fingerprint density at radius 3 is 1.22 bits per heavy atom. The van der Waals surface area contributed by atoms with Crippen molar-refractivity contribution in [2.45, 2.75) is 54.4 Å². The van der Waals surface area contributed by atoms with Gasteiger partial charge in [0.15, 0.2) is 0 Å². The van der Waals surface area contributed by atoms with Crippen molar-refractivity contribution < 1.29 is 0 Å². The smallest absolute Gasteiger partial charge is 0.0166 e. The molecular weight excluding hydrogens is 446 g/mol. The fraction of sp³-hybridized carbons (Fsp3) is 0.625. The third kappa shape index (κ3) is 5.76. The van der Waals surface area contributed by atoms with Gasteiger partial charge in [0.25, 0.3) is 0 Å². The van der Waals surface area contributed by atoms with Gasteiger partial charge in [0.2, 0.25) is 0 Å². The van der Waals surface area contributed by atoms with Crippen LogP contribution in [0.3, 0.4) is 0 Å². The SMILES string of the molecule is CC(C)(C)Cc1cc(I)c(CC(C)(C)C)cc1I. The summed E-state index contributed by atoms with van der Waals surface area (Å²) >= 11 is 4.98. The first-order valence-corrected chi connectivity index (χ1v) is 8.60. The molecule has 0 saturated heterocycles. The van der Waals surface area contributed by atoms with E-state index in [1.807, 2.05) is 0 Å². The minimum absolute atomic E-state index is 0.356. The predicted octanol–water partition coefficient (Wildman–Crippen LogP) is 6.07. The van der Waals surface area contributed by atoms with Crippen LogP contribution in [-0.4, -0.2) is 0 Å². The van der Waals surface area contributed by atoms with E-state index < -0.39 is 0 Å². The summed E-state index contributed by atoms with van der Waals surface area (Å²) in [5.74, 6) is 0. The van der Waals surface area contributed by atoms with E-state index in [4.69, 9.17) is 0 Å². The Morgan fingerprint density at radius 2 is 1.00 bits per heavy atom. The van der Waals surface area contributed by atoms with Gasteiger partial charge in [0.1, 0.15) is 0 Å². The molecule has 102 valence electrons. The quantitative estimate of drug-likeness (QED) is 0.461. The van der Waals surface area contributed by atoms with Crippen molar-refractivity contribution >= 4 is 45.2 Å². The second kappa shape index (κ2) is 5.98. The van der Waals surface area contributed by atoms with Crippen molar-refractivity contribution in [1.82, 2.24) is 0 Å². The Kier molecular flexibility index (Phi) is 5.56. The number of benzene rings is 1. The molecule has 1 aromatic rings. The lowest BCUT2D eigenvalue weighted by molar-refractivity contribution is 0.406. The average molecular weight is 470 g/mol. The Hall–Kier alpha value is 0.680. The van der Waals surface area contributed by atoms with Crippen LogP contribution in [0.4, 0.5) is 0 Å². The molecule has 0 heterocycles. The van der Waals surface area contributed by atoms with Gasteiger partial charge in [0.05, 0.1) is 0 Å². The van der Waals surface area contributed by atoms with Gasteiger partial charge in [-0.3, -0.25) is 0 Å². The first kappa shape index (κ1) is 16.7. The van der Waals surface area contributed by atoms with Crippen LogP contribution in [0, 0.1) is 18.0 Å². The Labute approximate surface area is 140 Å². The van der Waals surface area contributed by atoms with E-state index in [1.165, 1.54) is 18.3 Å². The fourth-order valence-electron chi connectivity index (χ4n) is 2.04. The predicted molar refractivity (Wildman–Crippen MR) is 98.2 cm³/mol. The summed E-state index contributed by atoms with van der Waals surface area (Å²) in [6.45, 7) is 13.8. The first-order chi connectivity index (χ1) is 7.98. The van der Waals surface area contributed by atoms with Crippen LogP contribution >= 0.6 is 45.2 Å². The second-order valence-electron chi connectivity index (χ2n) is 7.51. The van der Waals surface area contributed by atoms with E-state index in [2.05, 4.69) is 98.9 Å². The van der Waals surface area contributed by atoms with Gasteiger partial charge in [-0.25, -0.2) is 0 Å². The van der Waals surface area contributed by atoms with E-state index in [0.717, 1.165) is 12.8 Å². The van der Waals surface area contributed by atoms with Crippen molar-refractivity contribution in [2.75, 3.05) is 0 Å². The fourth-order valence-corrected chi connectivity index (χ4v) is 3.49. The highest BCUT2D eigenvalue weighted by molar-refractivity contribution is 14.1. The highest BCUT2D eigenvalue weighted by Gasteiger charge is 2.18. The molecule has 0 spiro atoms. The molecule has 0 bridgehead atoms. The zero-order valence-electron chi connectivity index (χ0n) is 12.3. The molecule has 0 aliphatic carbocycles. The standard InChI is InChI=1S/C16H24I2/c1-15(2,3)9-11-7-14(18)12(8-13(11)17)10-16(4,5)6/h7-8H,9-10H2,1-6H3. The van der Waals surface area contributed by atoms with Gasteiger partial charge >= 0.3 is 0 Å². The summed E-state index contributed by atoms with van der Waals surface area (Å²) in [7, 11) is 0. The molecule has 0 fully saturated rings. The number of halogens is 2. The second-order valence-corrected chi connectivity index (χ2v) is 9.83. The highest BCUT2D eigenvalue weighted by Crippen LogP contribution is 2.30. The van der Waals surface area contributed by atoms with Crippen molar-refractivity contribution in [3.63, 3.8) is 0 Å². The summed E-state index contributed by atoms with van der Waals surface area (Å²) in [5.41, 5.74) is 3.69. The Bertz CT molecular complexity index is 378. The van der Waals surface area contributed by atoms with Crippen LogP contribution in [0.15, 0.2) is 12.1 Å². The molecule has 0 radical (unpaired) electrons. The molecule has 0 aliphatic heterocycles. The van der Waals surface area contributed by atoms with Crippen LogP contribution < -0.4 is 0 Å². The van der Waals surface area contributed by atoms with Crippen LogP contribution in [0.5, 0.6) is 0 Å². The molecular formula is C16H24I2. The van der Waals surface area contributed by atoms with E-state index in [1.54, 1.807) is 0 Å². The molecule has 0 amide bonds. The first-order valence-electron chi connectivity index (χ1n) is 6.45. The maximum Gasteiger partial charge on any atom is 0.0166 e. The van der Waals surface area contributed by atoms with Crippen molar-refractivity contribution in [1.29, 1.82) is 0 Å². The van der Waals surface area contributed by atoms with Crippen molar-refractivity contribution in [3.8, 4) is 0 Å². The van der Waals surface area contributed by atoms with E-state index in [0.29, 0.717) is 10.8 Å². The molecule has 0 unspecified atom stereocenters. The topological polar surface area (TPSA) is 0 Å². The molecule has 1 aromatic carbocycles. The molecule has 0 atom stereocenters. The van der Waals surface area contributed by atoms with Gasteiger partial charge in [-0.2, -0.15) is 0 Å². The summed E-state index contributed by atoms with van der Waals surface area (Å²) in [5, 5.41) is 0. The minimum atomic E-state index is 0.356. The van der Waals surface area contributed by atoms with Gasteiger partial charge in [-0.15, -0.1) is 0 Å². The minimum Gasteiger partial charge on any atom is -0.0599 e. The monoisotopic (exact) mass is 470 g/mol. The molecule has 0 nitrogen and oxygen atoms in total. The van der Waals surface area contributed by atoms with Crippen LogP contribution in [0.25, 0.3) is 0 Å². The maximum absolute atomic E-state index is 2.49. The molecule has 0 aliphatic rings. The molecule has 0 saturated carbocycles. The number of hydrogen-bond donors (Lipinski definition) is 0. The van der Waals surface area contributed by atoms with E-state index in [-0.39, 0.29) is 0 Å². The van der Waals surface area contributed by atoms with E-state index >= 15 is 0 Å². The van der Waals surface area contributed by atoms with Gasteiger partial charge in [-0.1, -0.05) is 41.5 Å². The average Bonchev–Trinajstić information content (AvgIpc) is 2.08. The van der Waals surface area contributed by atoms with Gasteiger partial charge in [-0.05, 0) is 92.1 Å². The summed E-state index contributed by atoms with van der Waals surface area (Å²) < 4.78 is 2.84. The van der Waals surface area contributed by atoms with Crippen LogP contribution in [0.1, 0.15) is 52.7 Å². The van der Waals surface area contributed by atoms with Gasteiger partial charge < -0.3 is 0 Å². The van der Waals surface area contributed by atoms with Crippen molar-refractivity contribution in [3.05, 3.63) is 30.4 Å².